The fraction of sp³-hybridized carbons (Fsp3) is 0.0800. The first kappa shape index (κ1) is 23.7. The molecular formula is C25H18Br2N2O5. The number of aromatic hydroxyl groups is 1. The normalized spacial score (nSPS) is 15.0. The topological polar surface area (TPSA) is 95.9 Å². The number of halogens is 2. The van der Waals surface area contributed by atoms with Gasteiger partial charge in [-0.2, -0.15) is 0 Å². The van der Waals surface area contributed by atoms with Crippen LogP contribution in [0.15, 0.2) is 75.2 Å². The van der Waals surface area contributed by atoms with Crippen molar-refractivity contribution in [1.29, 1.82) is 0 Å². The molecule has 7 nitrogen and oxygen atoms in total. The molecule has 0 aliphatic carbocycles. The molecule has 172 valence electrons. The molecule has 1 aliphatic heterocycles. The van der Waals surface area contributed by atoms with E-state index in [2.05, 4.69) is 37.2 Å². The average Bonchev–Trinajstić information content (AvgIpc) is 2.78. The van der Waals surface area contributed by atoms with E-state index in [9.17, 15) is 19.5 Å². The van der Waals surface area contributed by atoms with Crippen LogP contribution < -0.4 is 15.0 Å². The summed E-state index contributed by atoms with van der Waals surface area (Å²) in [4.78, 5) is 39.0. The highest BCUT2D eigenvalue weighted by molar-refractivity contribution is 9.11. The molecule has 1 saturated heterocycles. The number of amides is 4. The Kier molecular flexibility index (Phi) is 6.85. The molecule has 1 heterocycles. The number of barbiturate groups is 1. The third-order valence-electron chi connectivity index (χ3n) is 5.05. The largest absolute Gasteiger partial charge is 0.508 e. The second-order valence-electron chi connectivity index (χ2n) is 7.55. The molecular weight excluding hydrogens is 568 g/mol. The summed E-state index contributed by atoms with van der Waals surface area (Å²) in [6.45, 7) is 2.27. The monoisotopic (exact) mass is 584 g/mol. The summed E-state index contributed by atoms with van der Waals surface area (Å²) in [5.74, 6) is -1.19. The standard InChI is InChI=1S/C25H18Br2N2O5/c1-14-2-4-15(5-3-14)13-34-22-16(10-17(26)12-21(22)27)11-20-23(31)28-25(33)29(24(20)32)18-6-8-19(30)9-7-18/h2-12,30H,13H2,1H3,(H,28,31,33)/b20-11+. The summed E-state index contributed by atoms with van der Waals surface area (Å²) in [5, 5.41) is 11.7. The van der Waals surface area contributed by atoms with E-state index in [-0.39, 0.29) is 23.6 Å². The van der Waals surface area contributed by atoms with Crippen LogP contribution in [0.5, 0.6) is 11.5 Å². The van der Waals surface area contributed by atoms with Gasteiger partial charge in [-0.25, -0.2) is 9.69 Å². The van der Waals surface area contributed by atoms with Gasteiger partial charge in [0.05, 0.1) is 10.2 Å². The summed E-state index contributed by atoms with van der Waals surface area (Å²) in [5.41, 5.74) is 2.53. The molecule has 9 heteroatoms. The molecule has 0 bridgehead atoms. The molecule has 3 aromatic rings. The zero-order valence-electron chi connectivity index (χ0n) is 17.8. The molecule has 0 radical (unpaired) electrons. The van der Waals surface area contributed by atoms with E-state index in [0.29, 0.717) is 20.3 Å². The number of anilines is 1. The maximum absolute atomic E-state index is 13.2. The predicted octanol–water partition coefficient (Wildman–Crippen LogP) is 5.47. The fourth-order valence-electron chi connectivity index (χ4n) is 3.33. The summed E-state index contributed by atoms with van der Waals surface area (Å²) in [7, 11) is 0. The molecule has 2 N–H and O–H groups in total. The number of benzene rings is 3. The first-order valence-corrected chi connectivity index (χ1v) is 11.7. The molecule has 0 saturated carbocycles. The van der Waals surface area contributed by atoms with Crippen molar-refractivity contribution in [3.63, 3.8) is 0 Å². The van der Waals surface area contributed by atoms with E-state index in [4.69, 9.17) is 4.74 Å². The third-order valence-corrected chi connectivity index (χ3v) is 6.10. The minimum Gasteiger partial charge on any atom is -0.508 e. The quantitative estimate of drug-likeness (QED) is 0.306. The number of nitrogens with zero attached hydrogens (tertiary/aromatic N) is 1. The number of nitrogens with one attached hydrogen (secondary N) is 1. The van der Waals surface area contributed by atoms with E-state index >= 15 is 0 Å². The summed E-state index contributed by atoms with van der Waals surface area (Å²) < 4.78 is 7.36. The molecule has 1 aliphatic rings. The van der Waals surface area contributed by atoms with Gasteiger partial charge in [-0.05, 0) is 70.9 Å². The summed E-state index contributed by atoms with van der Waals surface area (Å²) >= 11 is 6.91. The second-order valence-corrected chi connectivity index (χ2v) is 9.32. The minimum atomic E-state index is -0.871. The van der Waals surface area contributed by atoms with Crippen molar-refractivity contribution in [2.75, 3.05) is 4.90 Å². The van der Waals surface area contributed by atoms with Gasteiger partial charge in [0.15, 0.2) is 0 Å². The van der Waals surface area contributed by atoms with Gasteiger partial charge in [-0.3, -0.25) is 14.9 Å². The third kappa shape index (κ3) is 5.05. The van der Waals surface area contributed by atoms with Crippen molar-refractivity contribution in [2.24, 2.45) is 0 Å². The lowest BCUT2D eigenvalue weighted by atomic mass is 10.1. The van der Waals surface area contributed by atoms with E-state index in [0.717, 1.165) is 16.0 Å². The number of urea groups is 1. The average molecular weight is 586 g/mol. The zero-order chi connectivity index (χ0) is 24.4. The van der Waals surface area contributed by atoms with Gasteiger partial charge in [-0.1, -0.05) is 45.8 Å². The number of phenolic OH excluding ortho intramolecular Hbond substituents is 1. The van der Waals surface area contributed by atoms with Crippen LogP contribution in [-0.4, -0.2) is 23.0 Å². The number of hydrogen-bond acceptors (Lipinski definition) is 5. The van der Waals surface area contributed by atoms with Crippen LogP contribution in [0.3, 0.4) is 0 Å². The van der Waals surface area contributed by atoms with Gasteiger partial charge >= 0.3 is 6.03 Å². The maximum atomic E-state index is 13.2. The van der Waals surface area contributed by atoms with Gasteiger partial charge < -0.3 is 9.84 Å². The Morgan fingerprint density at radius 3 is 2.35 bits per heavy atom. The number of aryl methyl sites for hydroxylation is 1. The van der Waals surface area contributed by atoms with Gasteiger partial charge in [0.2, 0.25) is 0 Å². The van der Waals surface area contributed by atoms with Gasteiger partial charge in [0.25, 0.3) is 11.8 Å². The van der Waals surface area contributed by atoms with Crippen LogP contribution in [-0.2, 0) is 16.2 Å². The van der Waals surface area contributed by atoms with Crippen LogP contribution in [0, 0.1) is 6.92 Å². The molecule has 1 fully saturated rings. The Bertz CT molecular complexity index is 1320. The molecule has 0 atom stereocenters. The van der Waals surface area contributed by atoms with Crippen LogP contribution in [0.25, 0.3) is 6.08 Å². The van der Waals surface area contributed by atoms with Gasteiger partial charge in [-0.15, -0.1) is 0 Å². The number of ether oxygens (including phenoxy) is 1. The van der Waals surface area contributed by atoms with Gasteiger partial charge in [0.1, 0.15) is 23.7 Å². The van der Waals surface area contributed by atoms with Crippen molar-refractivity contribution in [3.05, 3.63) is 91.9 Å². The number of imide groups is 2. The lowest BCUT2D eigenvalue weighted by molar-refractivity contribution is -0.122. The lowest BCUT2D eigenvalue weighted by Gasteiger charge is -2.26. The summed E-state index contributed by atoms with van der Waals surface area (Å²) in [6, 6.07) is 16.0. The second kappa shape index (κ2) is 9.82. The van der Waals surface area contributed by atoms with Crippen molar-refractivity contribution < 1.29 is 24.2 Å². The van der Waals surface area contributed by atoms with Crippen molar-refractivity contribution in [3.8, 4) is 11.5 Å². The molecule has 0 spiro atoms. The van der Waals surface area contributed by atoms with Crippen molar-refractivity contribution in [1.82, 2.24) is 5.32 Å². The number of carbonyl (C=O) groups excluding carboxylic acids is 3. The molecule has 0 aromatic heterocycles. The van der Waals surface area contributed by atoms with Crippen LogP contribution in [0.2, 0.25) is 0 Å². The molecule has 0 unspecified atom stereocenters. The highest BCUT2D eigenvalue weighted by atomic mass is 79.9. The minimum absolute atomic E-state index is 0.0187. The fourth-order valence-corrected chi connectivity index (χ4v) is 4.70. The van der Waals surface area contributed by atoms with Crippen LogP contribution in [0.1, 0.15) is 16.7 Å². The molecule has 4 amide bonds. The molecule has 4 rings (SSSR count). The van der Waals surface area contributed by atoms with Crippen molar-refractivity contribution in [2.45, 2.75) is 13.5 Å². The van der Waals surface area contributed by atoms with Crippen LogP contribution in [0.4, 0.5) is 10.5 Å². The number of rotatable bonds is 5. The van der Waals surface area contributed by atoms with Crippen LogP contribution >= 0.6 is 31.9 Å². The highest BCUT2D eigenvalue weighted by Crippen LogP contribution is 2.35. The smallest absolute Gasteiger partial charge is 0.335 e. The Balaban J connectivity index is 1.70. The van der Waals surface area contributed by atoms with Crippen molar-refractivity contribution >= 4 is 61.5 Å². The zero-order valence-corrected chi connectivity index (χ0v) is 21.0. The highest BCUT2D eigenvalue weighted by Gasteiger charge is 2.37. The van der Waals surface area contributed by atoms with E-state index < -0.39 is 17.8 Å². The van der Waals surface area contributed by atoms with E-state index in [1.807, 2.05) is 31.2 Å². The summed E-state index contributed by atoms with van der Waals surface area (Å²) in [6.07, 6.45) is 1.39. The Labute approximate surface area is 212 Å². The Morgan fingerprint density at radius 2 is 1.68 bits per heavy atom. The molecule has 3 aromatic carbocycles. The Morgan fingerprint density at radius 1 is 1.00 bits per heavy atom. The number of phenols is 1. The predicted molar refractivity (Wildman–Crippen MR) is 134 cm³/mol. The first-order valence-electron chi connectivity index (χ1n) is 10.1. The van der Waals surface area contributed by atoms with E-state index in [1.54, 1.807) is 12.1 Å². The van der Waals surface area contributed by atoms with E-state index in [1.165, 1.54) is 30.3 Å². The first-order chi connectivity index (χ1) is 16.2. The molecule has 34 heavy (non-hydrogen) atoms. The SMILES string of the molecule is Cc1ccc(COc2c(Br)cc(Br)cc2/C=C2\C(=O)NC(=O)N(c3ccc(O)cc3)C2=O)cc1. The Hall–Kier alpha value is -3.43. The van der Waals surface area contributed by atoms with Gasteiger partial charge in [0, 0.05) is 10.0 Å². The lowest BCUT2D eigenvalue weighted by Crippen LogP contribution is -2.54. The number of hydrogen-bond donors (Lipinski definition) is 2. The number of carbonyl (C=O) groups is 3. The maximum Gasteiger partial charge on any atom is 0.335 e.